The maximum atomic E-state index is 10.5. The van der Waals surface area contributed by atoms with Crippen molar-refractivity contribution < 1.29 is 9.53 Å². The highest BCUT2D eigenvalue weighted by atomic mass is 16.5. The van der Waals surface area contributed by atoms with Crippen LogP contribution in [0.1, 0.15) is 6.92 Å². The van der Waals surface area contributed by atoms with Gasteiger partial charge in [-0.25, -0.2) is 0 Å². The van der Waals surface area contributed by atoms with Crippen LogP contribution in [0.4, 0.5) is 0 Å². The molecule has 0 bridgehead atoms. The van der Waals surface area contributed by atoms with Crippen LogP contribution in [-0.4, -0.2) is 38.8 Å². The Morgan fingerprint density at radius 2 is 2.15 bits per heavy atom. The normalized spacial score (nSPS) is 15.3. The van der Waals surface area contributed by atoms with Crippen LogP contribution in [0, 0.1) is 5.92 Å². The average Bonchev–Trinajstić information content (AvgIpc) is 2.04. The van der Waals surface area contributed by atoms with Crippen LogP contribution in [0.3, 0.4) is 0 Å². The van der Waals surface area contributed by atoms with Crippen molar-refractivity contribution >= 4 is 5.91 Å². The van der Waals surface area contributed by atoms with Gasteiger partial charge in [0.1, 0.15) is 0 Å². The number of nitrogens with one attached hydrogen (secondary N) is 1. The second kappa shape index (κ2) is 6.82. The fourth-order valence-corrected chi connectivity index (χ4v) is 0.929. The van der Waals surface area contributed by atoms with Crippen molar-refractivity contribution in [1.82, 2.24) is 5.32 Å². The Bertz CT molecular complexity index is 152. The summed E-state index contributed by atoms with van der Waals surface area (Å²) in [6.45, 7) is 3.93. The van der Waals surface area contributed by atoms with Gasteiger partial charge in [0, 0.05) is 20.3 Å². The molecule has 0 rings (SSSR count). The molecule has 0 saturated heterocycles. The molecule has 0 aromatic carbocycles. The molecule has 0 aliphatic heterocycles. The molecule has 2 atom stereocenters. The van der Waals surface area contributed by atoms with Crippen molar-refractivity contribution in [2.24, 2.45) is 17.4 Å². The number of ether oxygens (including phenoxy) is 1. The molecule has 1 amide bonds. The van der Waals surface area contributed by atoms with E-state index in [1.54, 1.807) is 7.11 Å². The highest BCUT2D eigenvalue weighted by molar-refractivity contribution is 5.79. The van der Waals surface area contributed by atoms with Gasteiger partial charge in [-0.15, -0.1) is 0 Å². The number of amides is 1. The van der Waals surface area contributed by atoms with E-state index in [0.717, 1.165) is 6.54 Å². The summed E-state index contributed by atoms with van der Waals surface area (Å²) in [6.07, 6.45) is 0. The molecule has 0 radical (unpaired) electrons. The number of primary amides is 1. The number of carbonyl (C=O) groups excluding carboxylic acids is 1. The van der Waals surface area contributed by atoms with Crippen LogP contribution in [0.5, 0.6) is 0 Å². The third-order valence-corrected chi connectivity index (χ3v) is 1.67. The van der Waals surface area contributed by atoms with E-state index in [9.17, 15) is 4.79 Å². The fourth-order valence-electron chi connectivity index (χ4n) is 0.929. The minimum absolute atomic E-state index is 0.407. The van der Waals surface area contributed by atoms with Gasteiger partial charge in [-0.1, -0.05) is 6.92 Å². The van der Waals surface area contributed by atoms with Gasteiger partial charge in [0.15, 0.2) is 0 Å². The van der Waals surface area contributed by atoms with Crippen molar-refractivity contribution in [3.63, 3.8) is 0 Å². The first-order valence-corrected chi connectivity index (χ1v) is 4.32. The maximum absolute atomic E-state index is 10.5. The lowest BCUT2D eigenvalue weighted by molar-refractivity contribution is -0.119. The SMILES string of the molecule is COCC(C)CNCC(N)C(N)=O. The van der Waals surface area contributed by atoms with Crippen molar-refractivity contribution in [1.29, 1.82) is 0 Å². The van der Waals surface area contributed by atoms with Gasteiger partial charge in [0.25, 0.3) is 0 Å². The van der Waals surface area contributed by atoms with E-state index in [0.29, 0.717) is 19.1 Å². The minimum Gasteiger partial charge on any atom is -0.384 e. The Morgan fingerprint density at radius 3 is 2.62 bits per heavy atom. The number of nitrogens with two attached hydrogens (primary N) is 2. The van der Waals surface area contributed by atoms with Crippen molar-refractivity contribution in [3.05, 3.63) is 0 Å². The molecule has 5 N–H and O–H groups in total. The van der Waals surface area contributed by atoms with E-state index in [1.807, 2.05) is 6.92 Å². The number of hydrogen-bond acceptors (Lipinski definition) is 4. The third-order valence-electron chi connectivity index (χ3n) is 1.67. The molecule has 0 fully saturated rings. The predicted molar refractivity (Wildman–Crippen MR) is 51.1 cm³/mol. The van der Waals surface area contributed by atoms with Gasteiger partial charge in [-0.2, -0.15) is 0 Å². The highest BCUT2D eigenvalue weighted by Gasteiger charge is 2.08. The maximum Gasteiger partial charge on any atom is 0.235 e. The van der Waals surface area contributed by atoms with E-state index in [4.69, 9.17) is 16.2 Å². The average molecular weight is 189 g/mol. The molecule has 13 heavy (non-hydrogen) atoms. The van der Waals surface area contributed by atoms with Gasteiger partial charge < -0.3 is 21.5 Å². The van der Waals surface area contributed by atoms with E-state index in [-0.39, 0.29) is 0 Å². The van der Waals surface area contributed by atoms with Crippen molar-refractivity contribution in [2.75, 3.05) is 26.8 Å². The van der Waals surface area contributed by atoms with Gasteiger partial charge in [-0.3, -0.25) is 4.79 Å². The van der Waals surface area contributed by atoms with Gasteiger partial charge in [0.2, 0.25) is 5.91 Å². The zero-order valence-corrected chi connectivity index (χ0v) is 8.25. The molecule has 0 aliphatic rings. The van der Waals surface area contributed by atoms with Gasteiger partial charge >= 0.3 is 0 Å². The zero-order chi connectivity index (χ0) is 10.3. The number of carbonyl (C=O) groups is 1. The minimum atomic E-state index is -0.602. The molecule has 0 aliphatic carbocycles. The second-order valence-corrected chi connectivity index (χ2v) is 3.23. The summed E-state index contributed by atoms with van der Waals surface area (Å²) in [7, 11) is 1.66. The number of hydrogen-bond donors (Lipinski definition) is 3. The fraction of sp³-hybridized carbons (Fsp3) is 0.875. The quantitative estimate of drug-likeness (QED) is 0.463. The van der Waals surface area contributed by atoms with Crippen LogP contribution < -0.4 is 16.8 Å². The summed E-state index contributed by atoms with van der Waals surface area (Å²) < 4.78 is 4.95. The van der Waals surface area contributed by atoms with E-state index < -0.39 is 11.9 Å². The molecular weight excluding hydrogens is 170 g/mol. The monoisotopic (exact) mass is 189 g/mol. The van der Waals surface area contributed by atoms with Gasteiger partial charge in [0.05, 0.1) is 6.04 Å². The third kappa shape index (κ3) is 6.51. The lowest BCUT2D eigenvalue weighted by Crippen LogP contribution is -2.45. The van der Waals surface area contributed by atoms with E-state index >= 15 is 0 Å². The summed E-state index contributed by atoms with van der Waals surface area (Å²) in [5.74, 6) is -0.0722. The Kier molecular flexibility index (Phi) is 6.48. The summed E-state index contributed by atoms with van der Waals surface area (Å²) in [5, 5.41) is 3.05. The molecule has 5 nitrogen and oxygen atoms in total. The van der Waals surface area contributed by atoms with Crippen molar-refractivity contribution in [3.8, 4) is 0 Å². The largest absolute Gasteiger partial charge is 0.384 e. The topological polar surface area (TPSA) is 90.4 Å². The summed E-state index contributed by atoms with van der Waals surface area (Å²) in [6, 6.07) is -0.602. The predicted octanol–water partition coefficient (Wildman–Crippen LogP) is -1.33. The number of rotatable bonds is 7. The molecule has 0 saturated carbocycles. The van der Waals surface area contributed by atoms with E-state index in [2.05, 4.69) is 5.32 Å². The molecule has 5 heteroatoms. The van der Waals surface area contributed by atoms with Crippen LogP contribution in [0.15, 0.2) is 0 Å². The van der Waals surface area contributed by atoms with E-state index in [1.165, 1.54) is 0 Å². The zero-order valence-electron chi connectivity index (χ0n) is 8.25. The Balaban J connectivity index is 3.39. The van der Waals surface area contributed by atoms with Crippen molar-refractivity contribution in [2.45, 2.75) is 13.0 Å². The Labute approximate surface area is 78.8 Å². The Morgan fingerprint density at radius 1 is 1.54 bits per heavy atom. The van der Waals surface area contributed by atoms with Crippen LogP contribution in [-0.2, 0) is 9.53 Å². The second-order valence-electron chi connectivity index (χ2n) is 3.23. The summed E-state index contributed by atoms with van der Waals surface area (Å²) >= 11 is 0. The number of methoxy groups -OCH3 is 1. The summed E-state index contributed by atoms with van der Waals surface area (Å²) in [4.78, 5) is 10.5. The first kappa shape index (κ1) is 12.3. The van der Waals surface area contributed by atoms with Crippen LogP contribution in [0.25, 0.3) is 0 Å². The molecule has 0 spiro atoms. The highest BCUT2D eigenvalue weighted by Crippen LogP contribution is 1.91. The van der Waals surface area contributed by atoms with Gasteiger partial charge in [-0.05, 0) is 12.5 Å². The Hall–Kier alpha value is -0.650. The first-order valence-electron chi connectivity index (χ1n) is 4.32. The van der Waals surface area contributed by atoms with Crippen LogP contribution >= 0.6 is 0 Å². The summed E-state index contributed by atoms with van der Waals surface area (Å²) in [5.41, 5.74) is 10.4. The molecular formula is C8H19N3O2. The molecule has 2 unspecified atom stereocenters. The molecule has 0 aromatic heterocycles. The molecule has 78 valence electrons. The van der Waals surface area contributed by atoms with Crippen LogP contribution in [0.2, 0.25) is 0 Å². The molecule has 0 heterocycles. The smallest absolute Gasteiger partial charge is 0.235 e. The first-order chi connectivity index (χ1) is 6.07. The lowest BCUT2D eigenvalue weighted by Gasteiger charge is -2.13. The standard InChI is InChI=1S/C8H19N3O2/c1-6(5-13-2)3-11-4-7(9)8(10)12/h6-7,11H,3-5,9H2,1-2H3,(H2,10,12). The lowest BCUT2D eigenvalue weighted by atomic mass is 10.2. The molecule has 0 aromatic rings.